The van der Waals surface area contributed by atoms with Crippen molar-refractivity contribution in [2.24, 2.45) is 0 Å². The first-order valence-corrected chi connectivity index (χ1v) is 11.8. The molecule has 3 amide bonds. The van der Waals surface area contributed by atoms with Gasteiger partial charge in [-0.05, 0) is 80.0 Å². The molecule has 2 aromatic carbocycles. The van der Waals surface area contributed by atoms with E-state index in [2.05, 4.69) is 53.1 Å². The van der Waals surface area contributed by atoms with Gasteiger partial charge in [-0.3, -0.25) is 19.3 Å². The first-order chi connectivity index (χ1) is 14.2. The Balaban J connectivity index is 1.77. The van der Waals surface area contributed by atoms with Crippen molar-refractivity contribution in [2.45, 2.75) is 0 Å². The highest BCUT2D eigenvalue weighted by Gasteiger charge is 2.36. The summed E-state index contributed by atoms with van der Waals surface area (Å²) in [5.41, 5.74) is 1.07. The Hall–Kier alpha value is -1.33. The van der Waals surface area contributed by atoms with Crippen LogP contribution in [-0.4, -0.2) is 35.6 Å². The Bertz CT molecular complexity index is 1090. The van der Waals surface area contributed by atoms with Crippen LogP contribution in [0.5, 0.6) is 5.75 Å². The van der Waals surface area contributed by atoms with Crippen molar-refractivity contribution in [1.29, 1.82) is 0 Å². The molecular formula is C19H12Br3ClN2O4S. The summed E-state index contributed by atoms with van der Waals surface area (Å²) >= 11 is 16.8. The van der Waals surface area contributed by atoms with Crippen LogP contribution < -0.4 is 10.1 Å². The number of carbonyl (C=O) groups excluding carboxylic acids is 3. The number of nitrogens with one attached hydrogen (secondary N) is 1. The fourth-order valence-corrected chi connectivity index (χ4v) is 5.27. The molecular weight excluding hydrogens is 627 g/mol. The number of thioether (sulfide) groups is 1. The first kappa shape index (κ1) is 23.3. The molecule has 0 saturated carbocycles. The van der Waals surface area contributed by atoms with E-state index < -0.39 is 23.6 Å². The smallest absolute Gasteiger partial charge is 0.294 e. The maximum Gasteiger partial charge on any atom is 0.294 e. The normalized spacial score (nSPS) is 15.1. The Kier molecular flexibility index (Phi) is 7.67. The summed E-state index contributed by atoms with van der Waals surface area (Å²) in [5, 5.41) is 2.53. The number of halogens is 4. The zero-order chi connectivity index (χ0) is 22.0. The number of carbonyl (C=O) groups is 3. The Morgan fingerprint density at radius 2 is 1.93 bits per heavy atom. The molecule has 0 unspecified atom stereocenters. The lowest BCUT2D eigenvalue weighted by molar-refractivity contribution is -0.127. The number of hydrogen-bond acceptors (Lipinski definition) is 5. The molecule has 1 N–H and O–H groups in total. The van der Waals surface area contributed by atoms with E-state index in [4.69, 9.17) is 16.3 Å². The van der Waals surface area contributed by atoms with Gasteiger partial charge in [0.15, 0.2) is 0 Å². The largest absolute Gasteiger partial charge is 0.495 e. The molecule has 0 aliphatic carbocycles. The van der Waals surface area contributed by atoms with Gasteiger partial charge in [-0.25, -0.2) is 0 Å². The molecule has 11 heteroatoms. The second-order valence-corrected chi connectivity index (χ2v) is 9.98. The lowest BCUT2D eigenvalue weighted by atomic mass is 10.2. The van der Waals surface area contributed by atoms with Gasteiger partial charge < -0.3 is 10.1 Å². The van der Waals surface area contributed by atoms with Crippen molar-refractivity contribution in [3.05, 3.63) is 59.2 Å². The standard InChI is InChI=1S/C19H12Br3ClN2O4S/c1-29-17-9(4-10(20)6-13(17)22)5-15-18(27)25(19(28)30-15)8-16(26)24-11-2-3-12(21)14(23)7-11/h2-7H,8H2,1H3,(H,24,26)/b15-5+. The van der Waals surface area contributed by atoms with E-state index in [0.717, 1.165) is 21.1 Å². The van der Waals surface area contributed by atoms with Gasteiger partial charge in [0.2, 0.25) is 5.91 Å². The van der Waals surface area contributed by atoms with Crippen LogP contribution in [0.2, 0.25) is 5.02 Å². The molecule has 30 heavy (non-hydrogen) atoms. The number of rotatable bonds is 5. The van der Waals surface area contributed by atoms with Gasteiger partial charge in [-0.1, -0.05) is 27.5 Å². The van der Waals surface area contributed by atoms with E-state index in [9.17, 15) is 14.4 Å². The van der Waals surface area contributed by atoms with Crippen molar-refractivity contribution < 1.29 is 19.1 Å². The quantitative estimate of drug-likeness (QED) is 0.389. The molecule has 1 saturated heterocycles. The summed E-state index contributed by atoms with van der Waals surface area (Å²) in [7, 11) is 1.51. The molecule has 0 spiro atoms. The van der Waals surface area contributed by atoms with Crippen molar-refractivity contribution >= 4 is 100.0 Å². The van der Waals surface area contributed by atoms with Gasteiger partial charge in [0.1, 0.15) is 12.3 Å². The molecule has 0 radical (unpaired) electrons. The average Bonchev–Trinajstić information content (AvgIpc) is 2.92. The van der Waals surface area contributed by atoms with E-state index in [1.165, 1.54) is 7.11 Å². The highest BCUT2D eigenvalue weighted by molar-refractivity contribution is 9.11. The summed E-state index contributed by atoms with van der Waals surface area (Å²) in [4.78, 5) is 38.5. The molecule has 0 aromatic heterocycles. The highest BCUT2D eigenvalue weighted by Crippen LogP contribution is 2.38. The van der Waals surface area contributed by atoms with Crippen LogP contribution in [-0.2, 0) is 9.59 Å². The minimum Gasteiger partial charge on any atom is -0.495 e. The van der Waals surface area contributed by atoms with Crippen LogP contribution in [0.1, 0.15) is 5.56 Å². The third-order valence-corrected chi connectivity index (χ3v) is 7.09. The maximum atomic E-state index is 12.7. The topological polar surface area (TPSA) is 75.7 Å². The van der Waals surface area contributed by atoms with E-state index in [1.54, 1.807) is 36.4 Å². The summed E-state index contributed by atoms with van der Waals surface area (Å²) in [6.45, 7) is -0.408. The van der Waals surface area contributed by atoms with Crippen molar-refractivity contribution in [3.63, 3.8) is 0 Å². The van der Waals surface area contributed by atoms with Crippen LogP contribution in [0.4, 0.5) is 10.5 Å². The molecule has 0 atom stereocenters. The fourth-order valence-electron chi connectivity index (χ4n) is 2.60. The average molecular weight is 640 g/mol. The summed E-state index contributed by atoms with van der Waals surface area (Å²) in [6.07, 6.45) is 1.56. The van der Waals surface area contributed by atoms with Crippen LogP contribution >= 0.6 is 71.2 Å². The molecule has 3 rings (SSSR count). The lowest BCUT2D eigenvalue weighted by Gasteiger charge is -2.13. The Morgan fingerprint density at radius 3 is 2.60 bits per heavy atom. The second-order valence-electron chi connectivity index (χ2n) is 5.96. The number of benzene rings is 2. The van der Waals surface area contributed by atoms with E-state index >= 15 is 0 Å². The third kappa shape index (κ3) is 5.28. The fraction of sp³-hybridized carbons (Fsp3) is 0.105. The molecule has 156 valence electrons. The van der Waals surface area contributed by atoms with Gasteiger partial charge in [-0.2, -0.15) is 0 Å². The van der Waals surface area contributed by atoms with E-state index in [-0.39, 0.29) is 4.91 Å². The second kappa shape index (κ2) is 9.86. The molecule has 1 aliphatic heterocycles. The highest BCUT2D eigenvalue weighted by atomic mass is 79.9. The Morgan fingerprint density at radius 1 is 1.20 bits per heavy atom. The van der Waals surface area contributed by atoms with Crippen LogP contribution in [0.15, 0.2) is 48.7 Å². The predicted octanol–water partition coefficient (Wildman–Crippen LogP) is 6.31. The van der Waals surface area contributed by atoms with Crippen LogP contribution in [0, 0.1) is 0 Å². The van der Waals surface area contributed by atoms with Crippen molar-refractivity contribution in [3.8, 4) is 5.75 Å². The third-order valence-electron chi connectivity index (χ3n) is 3.91. The van der Waals surface area contributed by atoms with Crippen LogP contribution in [0.3, 0.4) is 0 Å². The SMILES string of the molecule is COc1c(Br)cc(Br)cc1/C=C1/SC(=O)N(CC(=O)Nc2ccc(Br)c(Cl)c2)C1=O. The minimum atomic E-state index is -0.549. The van der Waals surface area contributed by atoms with E-state index in [1.807, 2.05) is 0 Å². The van der Waals surface area contributed by atoms with Crippen molar-refractivity contribution in [2.75, 3.05) is 19.0 Å². The molecule has 2 aromatic rings. The number of nitrogens with zero attached hydrogens (tertiary/aromatic N) is 1. The number of imide groups is 1. The number of hydrogen-bond donors (Lipinski definition) is 1. The van der Waals surface area contributed by atoms with Crippen LogP contribution in [0.25, 0.3) is 6.08 Å². The van der Waals surface area contributed by atoms with Gasteiger partial charge in [-0.15, -0.1) is 0 Å². The Labute approximate surface area is 206 Å². The lowest BCUT2D eigenvalue weighted by Crippen LogP contribution is -2.36. The predicted molar refractivity (Wildman–Crippen MR) is 129 cm³/mol. The number of anilines is 1. The van der Waals surface area contributed by atoms with Gasteiger partial charge in [0.05, 0.1) is 21.5 Å². The zero-order valence-corrected chi connectivity index (χ0v) is 21.5. The van der Waals surface area contributed by atoms with Gasteiger partial charge in [0.25, 0.3) is 11.1 Å². The summed E-state index contributed by atoms with van der Waals surface area (Å²) in [6, 6.07) is 8.47. The summed E-state index contributed by atoms with van der Waals surface area (Å²) < 4.78 is 7.52. The monoisotopic (exact) mass is 636 g/mol. The number of ether oxygens (including phenoxy) is 1. The minimum absolute atomic E-state index is 0.197. The molecule has 1 aliphatic rings. The molecule has 6 nitrogen and oxygen atoms in total. The van der Waals surface area contributed by atoms with E-state index in [0.29, 0.717) is 31.0 Å². The summed E-state index contributed by atoms with van der Waals surface area (Å²) in [5.74, 6) is -0.540. The molecule has 1 fully saturated rings. The van der Waals surface area contributed by atoms with Crippen molar-refractivity contribution in [1.82, 2.24) is 4.90 Å². The first-order valence-electron chi connectivity index (χ1n) is 8.23. The van der Waals surface area contributed by atoms with Gasteiger partial charge >= 0.3 is 0 Å². The van der Waals surface area contributed by atoms with Gasteiger partial charge in [0, 0.05) is 20.2 Å². The maximum absolute atomic E-state index is 12.7. The zero-order valence-electron chi connectivity index (χ0n) is 15.2. The molecule has 0 bridgehead atoms. The number of amides is 3. The molecule has 1 heterocycles. The number of methoxy groups -OCH3 is 1.